The molecule has 0 atom stereocenters. The second-order valence-corrected chi connectivity index (χ2v) is 6.77. The Kier molecular flexibility index (Phi) is 5.86. The van der Waals surface area contributed by atoms with Crippen molar-refractivity contribution in [2.75, 3.05) is 38.2 Å². The van der Waals surface area contributed by atoms with E-state index >= 15 is 0 Å². The summed E-state index contributed by atoms with van der Waals surface area (Å²) in [6, 6.07) is 3.78. The van der Waals surface area contributed by atoms with Crippen molar-refractivity contribution in [1.29, 1.82) is 0 Å². The third-order valence-electron chi connectivity index (χ3n) is 4.89. The summed E-state index contributed by atoms with van der Waals surface area (Å²) in [6.45, 7) is 6.39. The van der Waals surface area contributed by atoms with E-state index in [-0.39, 0.29) is 5.91 Å². The van der Waals surface area contributed by atoms with Crippen LogP contribution in [0.5, 0.6) is 0 Å². The fourth-order valence-electron chi connectivity index (χ4n) is 3.16. The summed E-state index contributed by atoms with van der Waals surface area (Å²) in [5, 5.41) is 3.33. The Balaban J connectivity index is 1.47. The first-order valence-electron chi connectivity index (χ1n) is 8.97. The third-order valence-corrected chi connectivity index (χ3v) is 4.89. The van der Waals surface area contributed by atoms with Gasteiger partial charge in [-0.05, 0) is 43.7 Å². The van der Waals surface area contributed by atoms with Crippen molar-refractivity contribution in [2.45, 2.75) is 32.6 Å². The molecule has 1 saturated heterocycles. The van der Waals surface area contributed by atoms with Crippen molar-refractivity contribution >= 4 is 11.7 Å². The van der Waals surface area contributed by atoms with Crippen molar-refractivity contribution in [3.05, 3.63) is 35.5 Å². The van der Waals surface area contributed by atoms with E-state index in [1.807, 2.05) is 17.0 Å². The SMILES string of the molecule is CC1CCN(C(=O)c2ccc(NCCC3=CCOCC3)nc2)CC1. The van der Waals surface area contributed by atoms with Crippen molar-refractivity contribution in [3.8, 4) is 0 Å². The quantitative estimate of drug-likeness (QED) is 0.844. The van der Waals surface area contributed by atoms with Crippen LogP contribution < -0.4 is 5.32 Å². The molecule has 1 N–H and O–H groups in total. The lowest BCUT2D eigenvalue weighted by atomic mass is 9.99. The van der Waals surface area contributed by atoms with E-state index in [0.29, 0.717) is 5.56 Å². The van der Waals surface area contributed by atoms with E-state index in [4.69, 9.17) is 4.74 Å². The molecule has 0 spiro atoms. The number of ether oxygens (including phenoxy) is 1. The number of carbonyl (C=O) groups is 1. The number of amides is 1. The minimum atomic E-state index is 0.105. The molecule has 0 aromatic carbocycles. The molecule has 0 radical (unpaired) electrons. The molecule has 130 valence electrons. The standard InChI is InChI=1S/C19H27N3O2/c1-15-5-10-22(11-6-15)19(23)17-2-3-18(21-14-17)20-9-4-16-7-12-24-13-8-16/h2-3,7,14-15H,4-6,8-13H2,1H3,(H,20,21). The van der Waals surface area contributed by atoms with Crippen LogP contribution in [0.2, 0.25) is 0 Å². The van der Waals surface area contributed by atoms with Gasteiger partial charge in [-0.3, -0.25) is 4.79 Å². The van der Waals surface area contributed by atoms with Gasteiger partial charge >= 0.3 is 0 Å². The van der Waals surface area contributed by atoms with Crippen LogP contribution in [0, 0.1) is 5.92 Å². The number of rotatable bonds is 5. The molecular weight excluding hydrogens is 302 g/mol. The van der Waals surface area contributed by atoms with Gasteiger partial charge < -0.3 is 15.0 Å². The molecule has 5 nitrogen and oxygen atoms in total. The minimum absolute atomic E-state index is 0.105. The number of likely N-dealkylation sites (tertiary alicyclic amines) is 1. The number of piperidine rings is 1. The lowest BCUT2D eigenvalue weighted by molar-refractivity contribution is 0.0697. The zero-order chi connectivity index (χ0) is 16.8. The smallest absolute Gasteiger partial charge is 0.255 e. The highest BCUT2D eigenvalue weighted by Gasteiger charge is 2.21. The molecule has 0 saturated carbocycles. The number of nitrogens with one attached hydrogen (secondary N) is 1. The van der Waals surface area contributed by atoms with Gasteiger partial charge in [-0.25, -0.2) is 4.98 Å². The average molecular weight is 329 g/mol. The van der Waals surface area contributed by atoms with E-state index in [1.165, 1.54) is 5.57 Å². The van der Waals surface area contributed by atoms with Gasteiger partial charge in [0.2, 0.25) is 0 Å². The largest absolute Gasteiger partial charge is 0.377 e. The number of anilines is 1. The van der Waals surface area contributed by atoms with Crippen molar-refractivity contribution in [2.24, 2.45) is 5.92 Å². The molecule has 3 heterocycles. The minimum Gasteiger partial charge on any atom is -0.377 e. The summed E-state index contributed by atoms with van der Waals surface area (Å²) >= 11 is 0. The van der Waals surface area contributed by atoms with Gasteiger partial charge in [0.05, 0.1) is 18.8 Å². The highest BCUT2D eigenvalue weighted by atomic mass is 16.5. The van der Waals surface area contributed by atoms with Crippen LogP contribution >= 0.6 is 0 Å². The van der Waals surface area contributed by atoms with E-state index in [2.05, 4.69) is 23.3 Å². The maximum absolute atomic E-state index is 12.5. The van der Waals surface area contributed by atoms with Crippen LogP contribution in [0.1, 0.15) is 43.0 Å². The first kappa shape index (κ1) is 17.0. The summed E-state index contributed by atoms with van der Waals surface area (Å²) in [6.07, 6.45) is 8.09. The third kappa shape index (κ3) is 4.57. The van der Waals surface area contributed by atoms with Crippen LogP contribution in [-0.2, 0) is 4.74 Å². The summed E-state index contributed by atoms with van der Waals surface area (Å²) in [7, 11) is 0. The molecule has 2 aliphatic heterocycles. The Morgan fingerprint density at radius 1 is 1.38 bits per heavy atom. The van der Waals surface area contributed by atoms with E-state index in [1.54, 1.807) is 6.20 Å². The second-order valence-electron chi connectivity index (χ2n) is 6.77. The van der Waals surface area contributed by atoms with Crippen LogP contribution in [0.3, 0.4) is 0 Å². The van der Waals surface area contributed by atoms with Gasteiger partial charge in [0.15, 0.2) is 0 Å². The fraction of sp³-hybridized carbons (Fsp3) is 0.579. The van der Waals surface area contributed by atoms with Gasteiger partial charge in [0.25, 0.3) is 5.91 Å². The van der Waals surface area contributed by atoms with Gasteiger partial charge in [0, 0.05) is 25.8 Å². The van der Waals surface area contributed by atoms with E-state index in [0.717, 1.165) is 70.3 Å². The first-order valence-corrected chi connectivity index (χ1v) is 8.97. The highest BCUT2D eigenvalue weighted by molar-refractivity contribution is 5.94. The van der Waals surface area contributed by atoms with Gasteiger partial charge in [-0.1, -0.05) is 18.6 Å². The molecule has 0 unspecified atom stereocenters. The predicted octanol–water partition coefficient (Wildman–Crippen LogP) is 3.10. The molecule has 1 aromatic rings. The number of aromatic nitrogens is 1. The molecule has 5 heteroatoms. The Labute approximate surface area is 144 Å². The van der Waals surface area contributed by atoms with Crippen LogP contribution in [-0.4, -0.2) is 48.6 Å². The molecule has 24 heavy (non-hydrogen) atoms. The molecular formula is C19H27N3O2. The summed E-state index contributed by atoms with van der Waals surface area (Å²) in [5.41, 5.74) is 2.13. The van der Waals surface area contributed by atoms with Crippen molar-refractivity contribution in [3.63, 3.8) is 0 Å². The molecule has 1 aromatic heterocycles. The maximum Gasteiger partial charge on any atom is 0.255 e. The lowest BCUT2D eigenvalue weighted by Gasteiger charge is -2.30. The maximum atomic E-state index is 12.5. The summed E-state index contributed by atoms with van der Waals surface area (Å²) in [5.74, 6) is 1.66. The Morgan fingerprint density at radius 2 is 2.21 bits per heavy atom. The Bertz CT molecular complexity index is 575. The first-order chi connectivity index (χ1) is 11.7. The highest BCUT2D eigenvalue weighted by Crippen LogP contribution is 2.18. The monoisotopic (exact) mass is 329 g/mol. The summed E-state index contributed by atoms with van der Waals surface area (Å²) in [4.78, 5) is 18.8. The molecule has 2 aliphatic rings. The Morgan fingerprint density at radius 3 is 2.88 bits per heavy atom. The molecule has 1 fully saturated rings. The van der Waals surface area contributed by atoms with Crippen LogP contribution in [0.4, 0.5) is 5.82 Å². The number of hydrogen-bond donors (Lipinski definition) is 1. The molecule has 0 bridgehead atoms. The van der Waals surface area contributed by atoms with Gasteiger partial charge in [0.1, 0.15) is 5.82 Å². The number of nitrogens with zero attached hydrogens (tertiary/aromatic N) is 2. The van der Waals surface area contributed by atoms with Gasteiger partial charge in [-0.2, -0.15) is 0 Å². The topological polar surface area (TPSA) is 54.5 Å². The zero-order valence-corrected chi connectivity index (χ0v) is 14.5. The molecule has 0 aliphatic carbocycles. The second kappa shape index (κ2) is 8.29. The van der Waals surface area contributed by atoms with Crippen LogP contribution in [0.15, 0.2) is 30.0 Å². The van der Waals surface area contributed by atoms with Crippen molar-refractivity contribution in [1.82, 2.24) is 9.88 Å². The Hall–Kier alpha value is -1.88. The van der Waals surface area contributed by atoms with E-state index in [9.17, 15) is 4.79 Å². The average Bonchev–Trinajstić information content (AvgIpc) is 2.63. The molecule has 3 rings (SSSR count). The zero-order valence-electron chi connectivity index (χ0n) is 14.5. The van der Waals surface area contributed by atoms with Gasteiger partial charge in [-0.15, -0.1) is 0 Å². The van der Waals surface area contributed by atoms with Crippen molar-refractivity contribution < 1.29 is 9.53 Å². The van der Waals surface area contributed by atoms with E-state index < -0.39 is 0 Å². The number of pyridine rings is 1. The molecule has 1 amide bonds. The fourth-order valence-corrected chi connectivity index (χ4v) is 3.16. The number of carbonyl (C=O) groups excluding carboxylic acids is 1. The summed E-state index contributed by atoms with van der Waals surface area (Å²) < 4.78 is 5.31. The predicted molar refractivity (Wildman–Crippen MR) is 95.2 cm³/mol. The van der Waals surface area contributed by atoms with Crippen LogP contribution in [0.25, 0.3) is 0 Å². The lowest BCUT2D eigenvalue weighted by Crippen LogP contribution is -2.37. The number of hydrogen-bond acceptors (Lipinski definition) is 4. The normalized spacial score (nSPS) is 19.0.